The summed E-state index contributed by atoms with van der Waals surface area (Å²) in [6, 6.07) is -1.12. The molecule has 0 aromatic heterocycles. The number of carbonyl (C=O) groups excluding carboxylic acids is 3. The summed E-state index contributed by atoms with van der Waals surface area (Å²) in [6.45, 7) is 2.44. The molecule has 0 radical (unpaired) electrons. The van der Waals surface area contributed by atoms with Crippen LogP contribution >= 0.6 is 0 Å². The Kier molecular flexibility index (Phi) is 24.0. The number of esters is 1. The number of amides is 2. The number of hydrogen-bond acceptors (Lipinski definition) is 5. The Balaban J connectivity index is 3.89. The van der Waals surface area contributed by atoms with E-state index in [1.807, 2.05) is 12.2 Å². The molecule has 8 heteroatoms. The van der Waals surface area contributed by atoms with Crippen molar-refractivity contribution < 1.29 is 29.0 Å². The second kappa shape index (κ2) is 26.7. The van der Waals surface area contributed by atoms with Crippen LogP contribution in [0.2, 0.25) is 0 Å². The number of carbonyl (C=O) groups is 4. The van der Waals surface area contributed by atoms with Gasteiger partial charge in [-0.15, -0.1) is 0 Å². The number of methoxy groups -OCH3 is 1. The predicted octanol–water partition coefficient (Wildman–Crippen LogP) is 5.66. The Morgan fingerprint density at radius 1 is 0.750 bits per heavy atom. The van der Waals surface area contributed by atoms with Gasteiger partial charge in [0, 0.05) is 25.1 Å². The Hall–Kier alpha value is -3.94. The quantitative estimate of drug-likeness (QED) is 0.0687. The van der Waals surface area contributed by atoms with Gasteiger partial charge in [-0.3, -0.25) is 9.59 Å². The third kappa shape index (κ3) is 24.4. The SMILES string of the molecule is CCC=CCC=CCC=CCC=CCC=CCC=CCCC(=O)NCCCC(NC(=O)C=CC(=O)OC)C(=O)O. The fourth-order valence-electron chi connectivity index (χ4n) is 3.17. The summed E-state index contributed by atoms with van der Waals surface area (Å²) in [4.78, 5) is 46.0. The molecule has 0 aliphatic heterocycles. The number of aliphatic carboxylic acids is 1. The third-order valence-corrected chi connectivity index (χ3v) is 5.31. The van der Waals surface area contributed by atoms with Crippen molar-refractivity contribution in [1.82, 2.24) is 10.6 Å². The first-order chi connectivity index (χ1) is 19.4. The zero-order valence-electron chi connectivity index (χ0n) is 23.9. The maximum Gasteiger partial charge on any atom is 0.330 e. The van der Waals surface area contributed by atoms with Gasteiger partial charge in [0.25, 0.3) is 0 Å². The van der Waals surface area contributed by atoms with Crippen molar-refractivity contribution in [3.8, 4) is 0 Å². The highest BCUT2D eigenvalue weighted by atomic mass is 16.5. The van der Waals surface area contributed by atoms with Gasteiger partial charge in [0.15, 0.2) is 0 Å². The van der Waals surface area contributed by atoms with E-state index in [1.165, 1.54) is 7.11 Å². The van der Waals surface area contributed by atoms with Gasteiger partial charge < -0.3 is 20.5 Å². The molecule has 0 heterocycles. The lowest BCUT2D eigenvalue weighted by molar-refractivity contribution is -0.141. The molecule has 1 atom stereocenters. The molecule has 0 aliphatic carbocycles. The highest BCUT2D eigenvalue weighted by Gasteiger charge is 2.18. The van der Waals surface area contributed by atoms with E-state index >= 15 is 0 Å². The van der Waals surface area contributed by atoms with Gasteiger partial charge in [0.05, 0.1) is 7.11 Å². The van der Waals surface area contributed by atoms with Gasteiger partial charge in [-0.25, -0.2) is 9.59 Å². The van der Waals surface area contributed by atoms with E-state index in [0.717, 1.165) is 50.7 Å². The monoisotopic (exact) mass is 554 g/mol. The lowest BCUT2D eigenvalue weighted by Gasteiger charge is -2.13. The van der Waals surface area contributed by atoms with E-state index in [-0.39, 0.29) is 12.3 Å². The molecular formula is C32H46N2O6. The maximum absolute atomic E-state index is 11.9. The van der Waals surface area contributed by atoms with Crippen LogP contribution in [0, 0.1) is 0 Å². The van der Waals surface area contributed by atoms with E-state index in [4.69, 9.17) is 0 Å². The van der Waals surface area contributed by atoms with Crippen molar-refractivity contribution in [1.29, 1.82) is 0 Å². The normalized spacial score (nSPS) is 13.1. The maximum atomic E-state index is 11.9. The van der Waals surface area contributed by atoms with Crippen LogP contribution < -0.4 is 10.6 Å². The van der Waals surface area contributed by atoms with E-state index in [2.05, 4.69) is 83.1 Å². The zero-order valence-corrected chi connectivity index (χ0v) is 23.9. The Morgan fingerprint density at radius 3 is 1.73 bits per heavy atom. The molecule has 3 N–H and O–H groups in total. The lowest BCUT2D eigenvalue weighted by Crippen LogP contribution is -2.40. The fraction of sp³-hybridized carbons (Fsp3) is 0.438. The van der Waals surface area contributed by atoms with Crippen molar-refractivity contribution in [2.75, 3.05) is 13.7 Å². The van der Waals surface area contributed by atoms with Gasteiger partial charge in [-0.1, -0.05) is 79.8 Å². The smallest absolute Gasteiger partial charge is 0.330 e. The number of ether oxygens (including phenoxy) is 1. The van der Waals surface area contributed by atoms with Crippen molar-refractivity contribution >= 4 is 23.8 Å². The minimum atomic E-state index is -1.19. The number of allylic oxidation sites excluding steroid dienone is 12. The minimum Gasteiger partial charge on any atom is -0.480 e. The molecule has 0 saturated carbocycles. The third-order valence-electron chi connectivity index (χ3n) is 5.31. The molecule has 0 aliphatic rings. The van der Waals surface area contributed by atoms with E-state index in [9.17, 15) is 24.3 Å². The van der Waals surface area contributed by atoms with Crippen LogP contribution in [0.3, 0.4) is 0 Å². The molecule has 2 amide bonds. The Labute approximate surface area is 239 Å². The summed E-state index contributed by atoms with van der Waals surface area (Å²) in [7, 11) is 1.17. The molecule has 220 valence electrons. The van der Waals surface area contributed by atoms with Gasteiger partial charge in [0.1, 0.15) is 6.04 Å². The predicted molar refractivity (Wildman–Crippen MR) is 160 cm³/mol. The minimum absolute atomic E-state index is 0.114. The van der Waals surface area contributed by atoms with Gasteiger partial charge in [-0.05, 0) is 57.8 Å². The number of nitrogens with one attached hydrogen (secondary N) is 2. The van der Waals surface area contributed by atoms with Gasteiger partial charge >= 0.3 is 11.9 Å². The average Bonchev–Trinajstić information content (AvgIpc) is 2.94. The number of carboxylic acid groups (broad SMARTS) is 1. The molecule has 0 saturated heterocycles. The van der Waals surface area contributed by atoms with Crippen LogP contribution in [-0.4, -0.2) is 48.6 Å². The summed E-state index contributed by atoms with van der Waals surface area (Å²) in [5.41, 5.74) is 0. The van der Waals surface area contributed by atoms with Crippen LogP contribution in [0.4, 0.5) is 0 Å². The van der Waals surface area contributed by atoms with Crippen molar-refractivity contribution in [2.24, 2.45) is 0 Å². The van der Waals surface area contributed by atoms with Crippen molar-refractivity contribution in [3.63, 3.8) is 0 Å². The first kappa shape index (κ1) is 36.1. The first-order valence-electron chi connectivity index (χ1n) is 13.9. The summed E-state index contributed by atoms with van der Waals surface area (Å²) in [5.74, 6) is -2.73. The standard InChI is InChI=1S/C32H46N2O6/c1-3-4-5-6-7-8-9-10-11-12-13-14-15-16-17-18-19-20-21-24-29(35)33-27-22-23-28(32(38)39)34-30(36)25-26-31(37)40-2/h4-5,7-8,10-11,13-14,16-17,19-20,25-26,28H,3,6,9,12,15,18,21-24,27H2,1-2H3,(H,33,35)(H,34,36)(H,38,39). The molecule has 0 bridgehead atoms. The van der Waals surface area contributed by atoms with Crippen LogP contribution in [-0.2, 0) is 23.9 Å². The molecule has 0 aromatic carbocycles. The molecule has 40 heavy (non-hydrogen) atoms. The van der Waals surface area contributed by atoms with E-state index < -0.39 is 23.9 Å². The molecule has 1 unspecified atom stereocenters. The molecule has 0 rings (SSSR count). The molecule has 0 fully saturated rings. The molecule has 0 spiro atoms. The largest absolute Gasteiger partial charge is 0.480 e. The van der Waals surface area contributed by atoms with Gasteiger partial charge in [0.2, 0.25) is 11.8 Å². The summed E-state index contributed by atoms with van der Waals surface area (Å²) in [5, 5.41) is 14.3. The number of rotatable bonds is 22. The first-order valence-corrected chi connectivity index (χ1v) is 13.9. The lowest BCUT2D eigenvalue weighted by atomic mass is 10.1. The van der Waals surface area contributed by atoms with E-state index in [1.54, 1.807) is 0 Å². The Morgan fingerprint density at radius 2 is 1.25 bits per heavy atom. The summed E-state index contributed by atoms with van der Waals surface area (Å²) >= 11 is 0. The number of carboxylic acids is 1. The molecule has 8 nitrogen and oxygen atoms in total. The second-order valence-corrected chi connectivity index (χ2v) is 8.70. The van der Waals surface area contributed by atoms with Crippen molar-refractivity contribution in [3.05, 3.63) is 85.1 Å². The summed E-state index contributed by atoms with van der Waals surface area (Å²) in [6.07, 6.45) is 34.6. The molecule has 0 aromatic rings. The highest BCUT2D eigenvalue weighted by Crippen LogP contribution is 2.00. The average molecular weight is 555 g/mol. The summed E-state index contributed by atoms with van der Waals surface area (Å²) < 4.78 is 4.37. The fourth-order valence-corrected chi connectivity index (χ4v) is 3.17. The Bertz CT molecular complexity index is 941. The van der Waals surface area contributed by atoms with Crippen molar-refractivity contribution in [2.45, 2.75) is 77.2 Å². The highest BCUT2D eigenvalue weighted by molar-refractivity contribution is 5.96. The number of hydrogen-bond donors (Lipinski definition) is 3. The van der Waals surface area contributed by atoms with E-state index in [0.29, 0.717) is 25.8 Å². The van der Waals surface area contributed by atoms with Crippen LogP contribution in [0.25, 0.3) is 0 Å². The van der Waals surface area contributed by atoms with Crippen LogP contribution in [0.5, 0.6) is 0 Å². The van der Waals surface area contributed by atoms with Gasteiger partial charge in [-0.2, -0.15) is 0 Å². The zero-order chi connectivity index (χ0) is 29.7. The van der Waals surface area contributed by atoms with Crippen LogP contribution in [0.15, 0.2) is 85.1 Å². The van der Waals surface area contributed by atoms with Crippen LogP contribution in [0.1, 0.15) is 71.1 Å². The topological polar surface area (TPSA) is 122 Å². The molecular weight excluding hydrogens is 508 g/mol. The second-order valence-electron chi connectivity index (χ2n) is 8.70.